The minimum absolute atomic E-state index is 0.772. The summed E-state index contributed by atoms with van der Waals surface area (Å²) < 4.78 is 7.40. The third kappa shape index (κ3) is 2.97. The number of nitrogens with zero attached hydrogens (tertiary/aromatic N) is 2. The molecule has 0 amide bonds. The molecule has 0 unspecified atom stereocenters. The number of aryl methyl sites for hydroxylation is 2. The molecular weight excluding hydrogens is 202 g/mol. The van der Waals surface area contributed by atoms with Crippen LogP contribution in [0.2, 0.25) is 0 Å². The SMILES string of the molecule is Cc1cnn(CCNCc2ccc(C)o2)c1. The van der Waals surface area contributed by atoms with Gasteiger partial charge in [-0.25, -0.2) is 0 Å². The molecule has 0 radical (unpaired) electrons. The minimum Gasteiger partial charge on any atom is -0.465 e. The lowest BCUT2D eigenvalue weighted by Crippen LogP contribution is -2.19. The van der Waals surface area contributed by atoms with E-state index in [4.69, 9.17) is 4.42 Å². The van der Waals surface area contributed by atoms with Gasteiger partial charge in [-0.15, -0.1) is 0 Å². The van der Waals surface area contributed by atoms with Crippen molar-refractivity contribution in [2.45, 2.75) is 26.9 Å². The van der Waals surface area contributed by atoms with E-state index >= 15 is 0 Å². The lowest BCUT2D eigenvalue weighted by atomic mass is 10.4. The molecule has 4 heteroatoms. The fraction of sp³-hybridized carbons (Fsp3) is 0.417. The maximum Gasteiger partial charge on any atom is 0.117 e. The molecule has 1 N–H and O–H groups in total. The molecule has 0 aliphatic carbocycles. The second-order valence-corrected chi connectivity index (χ2v) is 3.97. The highest BCUT2D eigenvalue weighted by atomic mass is 16.3. The average Bonchev–Trinajstić information content (AvgIpc) is 2.83. The molecule has 0 saturated heterocycles. The van der Waals surface area contributed by atoms with Gasteiger partial charge < -0.3 is 9.73 Å². The van der Waals surface area contributed by atoms with Crippen molar-refractivity contribution in [1.29, 1.82) is 0 Å². The molecule has 0 aliphatic heterocycles. The van der Waals surface area contributed by atoms with E-state index in [-0.39, 0.29) is 0 Å². The van der Waals surface area contributed by atoms with Gasteiger partial charge in [0.05, 0.1) is 19.3 Å². The molecule has 86 valence electrons. The van der Waals surface area contributed by atoms with E-state index in [1.165, 1.54) is 5.56 Å². The lowest BCUT2D eigenvalue weighted by Gasteiger charge is -2.02. The highest BCUT2D eigenvalue weighted by molar-refractivity contribution is 5.05. The summed E-state index contributed by atoms with van der Waals surface area (Å²) in [4.78, 5) is 0. The van der Waals surface area contributed by atoms with E-state index in [0.717, 1.165) is 31.2 Å². The average molecular weight is 219 g/mol. The number of hydrogen-bond donors (Lipinski definition) is 1. The molecule has 2 aromatic heterocycles. The summed E-state index contributed by atoms with van der Waals surface area (Å²) in [6.45, 7) is 6.54. The first-order valence-electron chi connectivity index (χ1n) is 5.49. The molecule has 0 aromatic carbocycles. The molecule has 0 fully saturated rings. The van der Waals surface area contributed by atoms with Crippen LogP contribution in [0.1, 0.15) is 17.1 Å². The molecule has 0 aliphatic rings. The summed E-state index contributed by atoms with van der Waals surface area (Å²) in [5.74, 6) is 1.94. The van der Waals surface area contributed by atoms with Crippen molar-refractivity contribution in [2.75, 3.05) is 6.54 Å². The Balaban J connectivity index is 1.69. The van der Waals surface area contributed by atoms with Gasteiger partial charge in [0.15, 0.2) is 0 Å². The summed E-state index contributed by atoms with van der Waals surface area (Å²) in [5, 5.41) is 7.54. The third-order valence-electron chi connectivity index (χ3n) is 2.38. The largest absolute Gasteiger partial charge is 0.465 e. The first-order valence-corrected chi connectivity index (χ1v) is 5.49. The van der Waals surface area contributed by atoms with Gasteiger partial charge in [-0.2, -0.15) is 5.10 Å². The highest BCUT2D eigenvalue weighted by Gasteiger charge is 1.98. The van der Waals surface area contributed by atoms with Gasteiger partial charge in [0.2, 0.25) is 0 Å². The fourth-order valence-electron chi connectivity index (χ4n) is 1.57. The van der Waals surface area contributed by atoms with Crippen LogP contribution >= 0.6 is 0 Å². The van der Waals surface area contributed by atoms with Gasteiger partial charge in [0.1, 0.15) is 11.5 Å². The molecule has 2 rings (SSSR count). The van der Waals surface area contributed by atoms with Crippen LogP contribution in [0.15, 0.2) is 28.9 Å². The molecule has 0 spiro atoms. The summed E-state index contributed by atoms with van der Waals surface area (Å²) in [6.07, 6.45) is 3.91. The molecule has 0 bridgehead atoms. The minimum atomic E-state index is 0.772. The van der Waals surface area contributed by atoms with Crippen LogP contribution in [0, 0.1) is 13.8 Å². The van der Waals surface area contributed by atoms with Gasteiger partial charge in [0, 0.05) is 12.7 Å². The van der Waals surface area contributed by atoms with Crippen LogP contribution in [-0.4, -0.2) is 16.3 Å². The van der Waals surface area contributed by atoms with E-state index in [2.05, 4.69) is 10.4 Å². The van der Waals surface area contributed by atoms with Gasteiger partial charge >= 0.3 is 0 Å². The Morgan fingerprint density at radius 3 is 2.88 bits per heavy atom. The van der Waals surface area contributed by atoms with Crippen molar-refractivity contribution in [1.82, 2.24) is 15.1 Å². The Hall–Kier alpha value is -1.55. The summed E-state index contributed by atoms with van der Waals surface area (Å²) in [5.41, 5.74) is 1.20. The second kappa shape index (κ2) is 4.99. The fourth-order valence-corrected chi connectivity index (χ4v) is 1.57. The van der Waals surface area contributed by atoms with E-state index in [0.29, 0.717) is 0 Å². The quantitative estimate of drug-likeness (QED) is 0.781. The predicted molar refractivity (Wildman–Crippen MR) is 62.1 cm³/mol. The maximum atomic E-state index is 5.45. The smallest absolute Gasteiger partial charge is 0.117 e. The van der Waals surface area contributed by atoms with Crippen LogP contribution < -0.4 is 5.32 Å². The summed E-state index contributed by atoms with van der Waals surface area (Å²) in [7, 11) is 0. The predicted octanol–water partition coefficient (Wildman–Crippen LogP) is 1.88. The zero-order valence-electron chi connectivity index (χ0n) is 9.73. The zero-order chi connectivity index (χ0) is 11.4. The van der Waals surface area contributed by atoms with Gasteiger partial charge in [-0.1, -0.05) is 0 Å². The molecule has 0 atom stereocenters. The second-order valence-electron chi connectivity index (χ2n) is 3.97. The van der Waals surface area contributed by atoms with Crippen LogP contribution in [0.3, 0.4) is 0 Å². The molecular formula is C12H17N3O. The molecule has 16 heavy (non-hydrogen) atoms. The van der Waals surface area contributed by atoms with E-state index in [9.17, 15) is 0 Å². The van der Waals surface area contributed by atoms with E-state index in [1.807, 2.05) is 43.1 Å². The van der Waals surface area contributed by atoms with E-state index in [1.54, 1.807) is 0 Å². The Morgan fingerprint density at radius 2 is 2.25 bits per heavy atom. The number of rotatable bonds is 5. The van der Waals surface area contributed by atoms with Crippen molar-refractivity contribution in [3.8, 4) is 0 Å². The van der Waals surface area contributed by atoms with Crippen molar-refractivity contribution in [3.63, 3.8) is 0 Å². The van der Waals surface area contributed by atoms with E-state index < -0.39 is 0 Å². The number of nitrogens with one attached hydrogen (secondary N) is 1. The number of furan rings is 1. The number of hydrogen-bond acceptors (Lipinski definition) is 3. The molecule has 0 saturated carbocycles. The third-order valence-corrected chi connectivity index (χ3v) is 2.38. The topological polar surface area (TPSA) is 43.0 Å². The normalized spacial score (nSPS) is 10.9. The van der Waals surface area contributed by atoms with Gasteiger partial charge in [-0.05, 0) is 31.5 Å². The molecule has 4 nitrogen and oxygen atoms in total. The van der Waals surface area contributed by atoms with Gasteiger partial charge in [0.25, 0.3) is 0 Å². The van der Waals surface area contributed by atoms with Crippen molar-refractivity contribution < 1.29 is 4.42 Å². The summed E-state index contributed by atoms with van der Waals surface area (Å²) in [6, 6.07) is 3.98. The molecule has 2 aromatic rings. The Bertz CT molecular complexity index is 402. The lowest BCUT2D eigenvalue weighted by molar-refractivity contribution is 0.453. The van der Waals surface area contributed by atoms with Crippen molar-refractivity contribution >= 4 is 0 Å². The zero-order valence-corrected chi connectivity index (χ0v) is 9.73. The molecule has 2 heterocycles. The van der Waals surface area contributed by atoms with Crippen LogP contribution in [0.4, 0.5) is 0 Å². The summed E-state index contributed by atoms with van der Waals surface area (Å²) >= 11 is 0. The van der Waals surface area contributed by atoms with Gasteiger partial charge in [-0.3, -0.25) is 4.68 Å². The standard InChI is InChI=1S/C12H17N3O/c1-10-7-14-15(9-10)6-5-13-8-12-4-3-11(2)16-12/h3-4,7,9,13H,5-6,8H2,1-2H3. The van der Waals surface area contributed by atoms with Crippen LogP contribution in [-0.2, 0) is 13.1 Å². The maximum absolute atomic E-state index is 5.45. The van der Waals surface area contributed by atoms with Crippen molar-refractivity contribution in [2.24, 2.45) is 0 Å². The van der Waals surface area contributed by atoms with Crippen molar-refractivity contribution in [3.05, 3.63) is 41.6 Å². The van der Waals surface area contributed by atoms with Crippen LogP contribution in [0.25, 0.3) is 0 Å². The monoisotopic (exact) mass is 219 g/mol. The number of aromatic nitrogens is 2. The first-order chi connectivity index (χ1) is 7.74. The first kappa shape index (κ1) is 11.0. The van der Waals surface area contributed by atoms with Crippen LogP contribution in [0.5, 0.6) is 0 Å². The Morgan fingerprint density at radius 1 is 1.38 bits per heavy atom. The Labute approximate surface area is 95.3 Å². The Kier molecular flexibility index (Phi) is 3.41. The highest BCUT2D eigenvalue weighted by Crippen LogP contribution is 2.05.